The van der Waals surface area contributed by atoms with E-state index in [0.29, 0.717) is 11.4 Å². The van der Waals surface area contributed by atoms with Gasteiger partial charge in [-0.15, -0.1) is 0 Å². The molecule has 0 radical (unpaired) electrons. The molecule has 0 aliphatic heterocycles. The minimum absolute atomic E-state index is 0.0465. The second-order valence-electron chi connectivity index (χ2n) is 6.54. The zero-order valence-corrected chi connectivity index (χ0v) is 17.3. The van der Waals surface area contributed by atoms with Gasteiger partial charge < -0.3 is 10.1 Å². The Morgan fingerprint density at radius 1 is 1.21 bits per heavy atom. The number of esters is 1. The number of anilines is 1. The van der Waals surface area contributed by atoms with Crippen molar-refractivity contribution in [1.29, 1.82) is 0 Å². The summed E-state index contributed by atoms with van der Waals surface area (Å²) in [7, 11) is -3.82. The summed E-state index contributed by atoms with van der Waals surface area (Å²) >= 11 is 0. The number of amides is 1. The number of carbonyl (C=O) groups is 2. The number of hydrogen-bond donors (Lipinski definition) is 2. The summed E-state index contributed by atoms with van der Waals surface area (Å²) in [6.45, 7) is 4.61. The van der Waals surface area contributed by atoms with Crippen molar-refractivity contribution in [3.8, 4) is 0 Å². The highest BCUT2D eigenvalue weighted by molar-refractivity contribution is 7.92. The highest BCUT2D eigenvalue weighted by Gasteiger charge is 2.13. The Labute approximate surface area is 169 Å². The number of hydrogen-bond acceptors (Lipinski definition) is 6. The van der Waals surface area contributed by atoms with Crippen molar-refractivity contribution in [2.24, 2.45) is 0 Å². The number of nitrogens with zero attached hydrogens (tertiary/aromatic N) is 2. The van der Waals surface area contributed by atoms with E-state index in [1.807, 2.05) is 32.9 Å². The molecule has 1 aromatic heterocycles. The smallest absolute Gasteiger partial charge is 0.321 e. The maximum atomic E-state index is 11.9. The van der Waals surface area contributed by atoms with Crippen LogP contribution < -0.4 is 10.0 Å². The van der Waals surface area contributed by atoms with Gasteiger partial charge in [-0.25, -0.2) is 17.8 Å². The fourth-order valence-electron chi connectivity index (χ4n) is 2.25. The van der Waals surface area contributed by atoms with Crippen molar-refractivity contribution in [1.82, 2.24) is 14.5 Å². The number of carbonyl (C=O) groups excluding carboxylic acids is 2. The fourth-order valence-corrected chi connectivity index (χ4v) is 3.01. The van der Waals surface area contributed by atoms with E-state index in [4.69, 9.17) is 4.74 Å². The van der Waals surface area contributed by atoms with Crippen molar-refractivity contribution >= 4 is 33.8 Å². The number of sulfonamides is 1. The van der Waals surface area contributed by atoms with E-state index in [1.165, 1.54) is 6.08 Å². The monoisotopic (exact) mass is 420 g/mol. The molecule has 2 N–H and O–H groups in total. The first-order chi connectivity index (χ1) is 13.7. The Hall–Kier alpha value is -2.98. The van der Waals surface area contributed by atoms with Gasteiger partial charge >= 0.3 is 5.97 Å². The molecular formula is C19H24N4O5S. The van der Waals surface area contributed by atoms with Crippen LogP contribution in [0.15, 0.2) is 41.9 Å². The Morgan fingerprint density at radius 3 is 2.55 bits per heavy atom. The first-order valence-electron chi connectivity index (χ1n) is 8.89. The maximum absolute atomic E-state index is 11.9. The molecule has 0 unspecified atom stereocenters. The van der Waals surface area contributed by atoms with E-state index < -0.39 is 35.1 Å². The molecule has 10 heteroatoms. The molecule has 0 bridgehead atoms. The molecule has 0 atom stereocenters. The van der Waals surface area contributed by atoms with Gasteiger partial charge in [0, 0.05) is 17.5 Å². The van der Waals surface area contributed by atoms with Crippen LogP contribution in [0.4, 0.5) is 5.82 Å². The van der Waals surface area contributed by atoms with E-state index in [-0.39, 0.29) is 6.04 Å². The lowest BCUT2D eigenvalue weighted by atomic mass is 10.2. The van der Waals surface area contributed by atoms with E-state index in [0.717, 1.165) is 11.0 Å². The molecule has 0 aliphatic rings. The molecule has 1 amide bonds. The van der Waals surface area contributed by atoms with Crippen LogP contribution in [0, 0.1) is 6.92 Å². The Morgan fingerprint density at radius 2 is 1.90 bits per heavy atom. The summed E-state index contributed by atoms with van der Waals surface area (Å²) < 4.78 is 32.4. The fraction of sp³-hybridized carbons (Fsp3) is 0.316. The summed E-state index contributed by atoms with van der Waals surface area (Å²) in [5.41, 5.74) is 1.77. The number of benzene rings is 1. The number of ether oxygens (including phenoxy) is 1. The maximum Gasteiger partial charge on any atom is 0.321 e. The summed E-state index contributed by atoms with van der Waals surface area (Å²) in [5.74, 6) is -0.948. The Kier molecular flexibility index (Phi) is 7.68. The molecule has 2 aromatic rings. The molecule has 0 fully saturated rings. The average Bonchev–Trinajstić information content (AvgIpc) is 3.13. The van der Waals surface area contributed by atoms with Gasteiger partial charge in [0.15, 0.2) is 6.61 Å². The highest BCUT2D eigenvalue weighted by atomic mass is 32.2. The predicted octanol–water partition coefficient (Wildman–Crippen LogP) is 1.84. The molecule has 0 saturated heterocycles. The van der Waals surface area contributed by atoms with Crippen LogP contribution in [-0.4, -0.2) is 43.2 Å². The number of rotatable bonds is 9. The van der Waals surface area contributed by atoms with Gasteiger partial charge in [0.2, 0.25) is 10.0 Å². The van der Waals surface area contributed by atoms with Crippen LogP contribution in [0.1, 0.15) is 31.0 Å². The molecule has 0 spiro atoms. The van der Waals surface area contributed by atoms with Crippen molar-refractivity contribution in [2.45, 2.75) is 26.8 Å². The third-order valence-corrected chi connectivity index (χ3v) is 4.77. The first kappa shape index (κ1) is 22.3. The van der Waals surface area contributed by atoms with E-state index >= 15 is 0 Å². The topological polar surface area (TPSA) is 119 Å². The molecule has 0 aliphatic carbocycles. The third-order valence-electron chi connectivity index (χ3n) is 3.73. The largest absolute Gasteiger partial charge is 0.455 e. The van der Waals surface area contributed by atoms with E-state index in [1.54, 1.807) is 29.1 Å². The van der Waals surface area contributed by atoms with Gasteiger partial charge in [-0.05, 0) is 32.4 Å². The zero-order valence-electron chi connectivity index (χ0n) is 16.5. The second-order valence-corrected chi connectivity index (χ2v) is 8.19. The highest BCUT2D eigenvalue weighted by Crippen LogP contribution is 2.12. The molecule has 29 heavy (non-hydrogen) atoms. The quantitative estimate of drug-likeness (QED) is 0.598. The summed E-state index contributed by atoms with van der Waals surface area (Å²) in [4.78, 5) is 23.6. The van der Waals surface area contributed by atoms with Gasteiger partial charge in [-0.2, -0.15) is 5.10 Å². The van der Waals surface area contributed by atoms with Crippen molar-refractivity contribution < 1.29 is 22.7 Å². The first-order valence-corrected chi connectivity index (χ1v) is 10.4. The van der Waals surface area contributed by atoms with Crippen LogP contribution in [0.2, 0.25) is 0 Å². The summed E-state index contributed by atoms with van der Waals surface area (Å²) in [5, 5.41) is 7.61. The van der Waals surface area contributed by atoms with Gasteiger partial charge in [0.25, 0.3) is 5.91 Å². The van der Waals surface area contributed by atoms with Crippen LogP contribution in [0.3, 0.4) is 0 Å². The SMILES string of the molecule is Cc1ccc(/C=C/S(=O)(=O)NCC(=O)OCC(=O)Nc2ccnn2C(C)C)cc1. The summed E-state index contributed by atoms with van der Waals surface area (Å²) in [6, 6.07) is 8.94. The standard InChI is InChI=1S/C19H24N4O5S/c1-14(2)23-17(8-10-20-23)22-18(24)13-28-19(25)12-21-29(26,27)11-9-16-6-4-15(3)5-7-16/h4-11,14,21H,12-13H2,1-3H3,(H,22,24)/b11-9+. The Balaban J connectivity index is 1.77. The van der Waals surface area contributed by atoms with Gasteiger partial charge in [-0.1, -0.05) is 29.8 Å². The molecule has 156 valence electrons. The van der Waals surface area contributed by atoms with Crippen molar-refractivity contribution in [2.75, 3.05) is 18.5 Å². The van der Waals surface area contributed by atoms with Crippen LogP contribution >= 0.6 is 0 Å². The number of nitrogens with one attached hydrogen (secondary N) is 2. The van der Waals surface area contributed by atoms with Crippen LogP contribution in [-0.2, 0) is 24.3 Å². The third kappa shape index (κ3) is 7.51. The molecule has 9 nitrogen and oxygen atoms in total. The predicted molar refractivity (Wildman–Crippen MR) is 109 cm³/mol. The molecule has 0 saturated carbocycles. The second kappa shape index (κ2) is 9.99. The van der Waals surface area contributed by atoms with Gasteiger partial charge in [-0.3, -0.25) is 9.59 Å². The van der Waals surface area contributed by atoms with Crippen molar-refractivity contribution in [3.63, 3.8) is 0 Å². The Bertz CT molecular complexity index is 978. The van der Waals surface area contributed by atoms with Crippen LogP contribution in [0.5, 0.6) is 0 Å². The molecule has 1 aromatic carbocycles. The number of aryl methyl sites for hydroxylation is 1. The molecule has 2 rings (SSSR count). The zero-order chi connectivity index (χ0) is 21.4. The lowest BCUT2D eigenvalue weighted by Crippen LogP contribution is -2.31. The molecular weight excluding hydrogens is 396 g/mol. The van der Waals surface area contributed by atoms with Crippen molar-refractivity contribution in [3.05, 3.63) is 53.1 Å². The van der Waals surface area contributed by atoms with Gasteiger partial charge in [0.1, 0.15) is 12.4 Å². The lowest BCUT2D eigenvalue weighted by molar-refractivity contribution is -0.146. The average molecular weight is 420 g/mol. The van der Waals surface area contributed by atoms with E-state index in [2.05, 4.69) is 15.1 Å². The van der Waals surface area contributed by atoms with Crippen LogP contribution in [0.25, 0.3) is 6.08 Å². The number of aromatic nitrogens is 2. The lowest BCUT2D eigenvalue weighted by Gasteiger charge is -2.11. The van der Waals surface area contributed by atoms with E-state index in [9.17, 15) is 18.0 Å². The molecule has 1 heterocycles. The minimum atomic E-state index is -3.82. The minimum Gasteiger partial charge on any atom is -0.455 e. The summed E-state index contributed by atoms with van der Waals surface area (Å²) in [6.07, 6.45) is 2.96. The van der Waals surface area contributed by atoms with Gasteiger partial charge in [0.05, 0.1) is 6.20 Å². The normalized spacial score (nSPS) is 11.7.